The van der Waals surface area contributed by atoms with Crippen molar-refractivity contribution in [3.05, 3.63) is 56.7 Å². The van der Waals surface area contributed by atoms with Gasteiger partial charge >= 0.3 is 0 Å². The minimum Gasteiger partial charge on any atom is -0.147 e. The zero-order valence-electron chi connectivity index (χ0n) is 9.14. The second-order valence-electron chi connectivity index (χ2n) is 4.45. The Morgan fingerprint density at radius 2 is 1.94 bits per heavy atom. The number of rotatable bonds is 3. The third-order valence-electron chi connectivity index (χ3n) is 3.34. The van der Waals surface area contributed by atoms with Crippen LogP contribution in [0, 0.1) is 5.92 Å². The first kappa shape index (κ1) is 11.9. The van der Waals surface area contributed by atoms with E-state index in [-0.39, 0.29) is 0 Å². The molecule has 0 saturated heterocycles. The molecule has 88 valence electrons. The van der Waals surface area contributed by atoms with Gasteiger partial charge in [0.15, 0.2) is 0 Å². The fraction of sp³-hybridized carbons (Fsp3) is 0.286. The van der Waals surface area contributed by atoms with Crippen molar-refractivity contribution < 1.29 is 0 Å². The van der Waals surface area contributed by atoms with E-state index in [9.17, 15) is 0 Å². The van der Waals surface area contributed by atoms with Gasteiger partial charge in [-0.15, -0.1) is 11.3 Å². The molecule has 0 nitrogen and oxygen atoms in total. The van der Waals surface area contributed by atoms with Gasteiger partial charge in [-0.2, -0.15) is 0 Å². The van der Waals surface area contributed by atoms with E-state index in [4.69, 9.17) is 0 Å². The van der Waals surface area contributed by atoms with E-state index in [1.54, 1.807) is 0 Å². The summed E-state index contributed by atoms with van der Waals surface area (Å²) in [5.41, 5.74) is 1.48. The van der Waals surface area contributed by atoms with Crippen LogP contribution >= 0.6 is 43.2 Å². The Bertz CT molecular complexity index is 506. The summed E-state index contributed by atoms with van der Waals surface area (Å²) in [6, 6.07) is 13.0. The van der Waals surface area contributed by atoms with Crippen molar-refractivity contribution in [1.29, 1.82) is 0 Å². The van der Waals surface area contributed by atoms with Crippen molar-refractivity contribution in [3.63, 3.8) is 0 Å². The van der Waals surface area contributed by atoms with Crippen LogP contribution in [-0.2, 0) is 0 Å². The van der Waals surface area contributed by atoms with Gasteiger partial charge in [-0.1, -0.05) is 46.3 Å². The second-order valence-corrected chi connectivity index (χ2v) is 7.24. The van der Waals surface area contributed by atoms with Crippen LogP contribution in [0.25, 0.3) is 0 Å². The highest BCUT2D eigenvalue weighted by Gasteiger charge is 2.44. The van der Waals surface area contributed by atoms with Gasteiger partial charge in [0, 0.05) is 9.35 Å². The summed E-state index contributed by atoms with van der Waals surface area (Å²) in [5.74, 6) is 1.47. The number of alkyl halides is 1. The van der Waals surface area contributed by atoms with E-state index in [1.807, 2.05) is 11.3 Å². The maximum atomic E-state index is 3.86. The van der Waals surface area contributed by atoms with E-state index >= 15 is 0 Å². The summed E-state index contributed by atoms with van der Waals surface area (Å²) in [4.78, 5) is 1.91. The second kappa shape index (κ2) is 4.87. The standard InChI is InChI=1S/C14H12Br2S/c15-12-6-7-17-14(12)13(16)11-8-10(11)9-4-2-1-3-5-9/h1-7,10-11,13H,8H2. The Balaban J connectivity index is 1.75. The number of benzene rings is 1. The molecule has 1 saturated carbocycles. The molecule has 1 aromatic carbocycles. The largest absolute Gasteiger partial charge is 0.147 e. The maximum absolute atomic E-state index is 3.86. The molecule has 3 rings (SSSR count). The molecule has 0 spiro atoms. The summed E-state index contributed by atoms with van der Waals surface area (Å²) < 4.78 is 1.24. The monoisotopic (exact) mass is 370 g/mol. The Morgan fingerprint density at radius 1 is 1.18 bits per heavy atom. The van der Waals surface area contributed by atoms with E-state index < -0.39 is 0 Å². The Morgan fingerprint density at radius 3 is 2.59 bits per heavy atom. The molecule has 3 atom stereocenters. The fourth-order valence-electron chi connectivity index (χ4n) is 2.32. The van der Waals surface area contributed by atoms with Gasteiger partial charge in [-0.3, -0.25) is 0 Å². The van der Waals surface area contributed by atoms with Crippen molar-refractivity contribution in [2.75, 3.05) is 0 Å². The zero-order valence-corrected chi connectivity index (χ0v) is 13.1. The summed E-state index contributed by atoms with van der Waals surface area (Å²) in [7, 11) is 0. The van der Waals surface area contributed by atoms with Crippen LogP contribution in [0.15, 0.2) is 46.3 Å². The van der Waals surface area contributed by atoms with Crippen molar-refractivity contribution >= 4 is 43.2 Å². The molecule has 0 radical (unpaired) electrons. The molecule has 1 aliphatic rings. The maximum Gasteiger partial charge on any atom is 0.0534 e. The highest BCUT2D eigenvalue weighted by atomic mass is 79.9. The summed E-state index contributed by atoms with van der Waals surface area (Å²) in [6.45, 7) is 0. The van der Waals surface area contributed by atoms with Crippen molar-refractivity contribution in [1.82, 2.24) is 0 Å². The van der Waals surface area contributed by atoms with E-state index in [2.05, 4.69) is 73.6 Å². The Labute approximate surface area is 122 Å². The van der Waals surface area contributed by atoms with Crippen LogP contribution in [0.4, 0.5) is 0 Å². The SMILES string of the molecule is Brc1ccsc1C(Br)C1CC1c1ccccc1. The van der Waals surface area contributed by atoms with Gasteiger partial charge in [-0.05, 0) is 51.2 Å². The summed E-state index contributed by atoms with van der Waals surface area (Å²) in [5, 5.41) is 2.15. The van der Waals surface area contributed by atoms with Crippen LogP contribution in [0.1, 0.15) is 27.6 Å². The smallest absolute Gasteiger partial charge is 0.0534 e. The average Bonchev–Trinajstić information content (AvgIpc) is 3.05. The Hall–Kier alpha value is -0.120. The van der Waals surface area contributed by atoms with Crippen molar-refractivity contribution in [2.45, 2.75) is 17.2 Å². The van der Waals surface area contributed by atoms with Gasteiger partial charge in [-0.25, -0.2) is 0 Å². The molecular weight excluding hydrogens is 360 g/mol. The highest BCUT2D eigenvalue weighted by Crippen LogP contribution is 2.58. The topological polar surface area (TPSA) is 0 Å². The highest BCUT2D eigenvalue weighted by molar-refractivity contribution is 9.11. The molecule has 17 heavy (non-hydrogen) atoms. The van der Waals surface area contributed by atoms with Crippen LogP contribution < -0.4 is 0 Å². The molecule has 0 bridgehead atoms. The van der Waals surface area contributed by atoms with Crippen LogP contribution in [0.2, 0.25) is 0 Å². The van der Waals surface area contributed by atoms with E-state index in [0.29, 0.717) is 4.83 Å². The number of halogens is 2. The predicted octanol–water partition coefficient (Wildman–Crippen LogP) is 5.75. The predicted molar refractivity (Wildman–Crippen MR) is 81.0 cm³/mol. The van der Waals surface area contributed by atoms with Gasteiger partial charge in [0.2, 0.25) is 0 Å². The van der Waals surface area contributed by atoms with Gasteiger partial charge < -0.3 is 0 Å². The van der Waals surface area contributed by atoms with Gasteiger partial charge in [0.25, 0.3) is 0 Å². The molecule has 0 amide bonds. The van der Waals surface area contributed by atoms with E-state index in [1.165, 1.54) is 21.3 Å². The normalized spacial score (nSPS) is 24.6. The molecule has 3 unspecified atom stereocenters. The number of hydrogen-bond donors (Lipinski definition) is 0. The number of hydrogen-bond acceptors (Lipinski definition) is 1. The lowest BCUT2D eigenvalue weighted by Crippen LogP contribution is -1.92. The molecule has 1 aromatic heterocycles. The van der Waals surface area contributed by atoms with E-state index in [0.717, 1.165) is 11.8 Å². The molecule has 0 N–H and O–H groups in total. The lowest BCUT2D eigenvalue weighted by Gasteiger charge is -2.08. The molecule has 2 aromatic rings. The Kier molecular flexibility index (Phi) is 3.42. The first-order valence-electron chi connectivity index (χ1n) is 5.69. The summed E-state index contributed by atoms with van der Waals surface area (Å²) >= 11 is 9.31. The molecular formula is C14H12Br2S. The van der Waals surface area contributed by atoms with Crippen molar-refractivity contribution in [2.24, 2.45) is 5.92 Å². The third-order valence-corrected chi connectivity index (χ3v) is 6.73. The van der Waals surface area contributed by atoms with Crippen LogP contribution in [0.3, 0.4) is 0 Å². The average molecular weight is 372 g/mol. The van der Waals surface area contributed by atoms with Gasteiger partial charge in [0.1, 0.15) is 0 Å². The molecule has 0 aliphatic heterocycles. The summed E-state index contributed by atoms with van der Waals surface area (Å²) in [6.07, 6.45) is 1.30. The molecule has 1 fully saturated rings. The minimum absolute atomic E-state index is 0.488. The lowest BCUT2D eigenvalue weighted by atomic mass is 10.1. The first-order chi connectivity index (χ1) is 8.27. The lowest BCUT2D eigenvalue weighted by molar-refractivity contribution is 0.796. The zero-order chi connectivity index (χ0) is 11.8. The first-order valence-corrected chi connectivity index (χ1v) is 8.28. The van der Waals surface area contributed by atoms with Crippen LogP contribution in [0.5, 0.6) is 0 Å². The quantitative estimate of drug-likeness (QED) is 0.602. The molecule has 1 aliphatic carbocycles. The number of thiophene rings is 1. The molecule has 3 heteroatoms. The fourth-order valence-corrected chi connectivity index (χ4v) is 5.45. The van der Waals surface area contributed by atoms with Crippen LogP contribution in [-0.4, -0.2) is 0 Å². The van der Waals surface area contributed by atoms with Gasteiger partial charge in [0.05, 0.1) is 4.83 Å². The molecule has 1 heterocycles. The third kappa shape index (κ3) is 2.38. The van der Waals surface area contributed by atoms with Crippen molar-refractivity contribution in [3.8, 4) is 0 Å². The minimum atomic E-state index is 0.488.